The van der Waals surface area contributed by atoms with Gasteiger partial charge in [0.2, 0.25) is 5.91 Å². The molecule has 2 unspecified atom stereocenters. The monoisotopic (exact) mass is 309 g/mol. The van der Waals surface area contributed by atoms with Gasteiger partial charge in [-0.2, -0.15) is 13.2 Å². The van der Waals surface area contributed by atoms with Crippen LogP contribution < -0.4 is 10.6 Å². The van der Waals surface area contributed by atoms with Gasteiger partial charge in [0.15, 0.2) is 0 Å². The first-order valence-corrected chi connectivity index (χ1v) is 7.32. The largest absolute Gasteiger partial charge is 0.405 e. The van der Waals surface area contributed by atoms with Crippen LogP contribution in [0, 0.1) is 5.92 Å². The molecule has 21 heavy (non-hydrogen) atoms. The average Bonchev–Trinajstić information content (AvgIpc) is 2.91. The number of ether oxygens (including phenoxy) is 1. The van der Waals surface area contributed by atoms with Crippen molar-refractivity contribution in [3.63, 3.8) is 0 Å². The number of carbonyl (C=O) groups is 1. The molecule has 0 bridgehead atoms. The number of carbonyl (C=O) groups excluding carboxylic acids is 1. The number of piperazine rings is 1. The zero-order chi connectivity index (χ0) is 15.3. The highest BCUT2D eigenvalue weighted by atomic mass is 19.4. The quantitative estimate of drug-likeness (QED) is 0.770. The first-order valence-electron chi connectivity index (χ1n) is 7.32. The van der Waals surface area contributed by atoms with Gasteiger partial charge in [0.1, 0.15) is 6.04 Å². The number of nitrogens with one attached hydrogen (secondary N) is 2. The van der Waals surface area contributed by atoms with Gasteiger partial charge < -0.3 is 15.4 Å². The third kappa shape index (κ3) is 5.12. The number of halogens is 3. The number of hydrogen-bond acceptors (Lipinski definition) is 4. The van der Waals surface area contributed by atoms with Crippen LogP contribution in [0.25, 0.3) is 0 Å². The Kier molecular flexibility index (Phi) is 5.83. The minimum absolute atomic E-state index is 0.133. The number of alkyl halides is 3. The number of amides is 1. The minimum Gasteiger partial charge on any atom is -0.381 e. The highest BCUT2D eigenvalue weighted by Crippen LogP contribution is 2.25. The SMILES string of the molecule is O=C(CC1CCOC1)NCC(N1CCNCC1)C(F)(F)F. The molecule has 0 aromatic heterocycles. The number of rotatable bonds is 5. The summed E-state index contributed by atoms with van der Waals surface area (Å²) in [5.74, 6) is -0.191. The Morgan fingerprint density at radius 1 is 1.38 bits per heavy atom. The van der Waals surface area contributed by atoms with Crippen LogP contribution in [0.1, 0.15) is 12.8 Å². The molecule has 2 rings (SSSR count). The van der Waals surface area contributed by atoms with Gasteiger partial charge in [0, 0.05) is 52.4 Å². The van der Waals surface area contributed by atoms with Crippen molar-refractivity contribution >= 4 is 5.91 Å². The Labute approximate surface area is 122 Å². The van der Waals surface area contributed by atoms with Crippen molar-refractivity contribution in [3.8, 4) is 0 Å². The molecule has 1 amide bonds. The molecule has 2 fully saturated rings. The molecule has 0 aromatic carbocycles. The Hall–Kier alpha value is -0.860. The zero-order valence-electron chi connectivity index (χ0n) is 11.9. The Morgan fingerprint density at radius 3 is 2.67 bits per heavy atom. The van der Waals surface area contributed by atoms with E-state index < -0.39 is 12.2 Å². The van der Waals surface area contributed by atoms with Crippen LogP contribution in [0.15, 0.2) is 0 Å². The van der Waals surface area contributed by atoms with Gasteiger partial charge in [-0.1, -0.05) is 0 Å². The Balaban J connectivity index is 1.81. The van der Waals surface area contributed by atoms with E-state index in [9.17, 15) is 18.0 Å². The molecule has 2 N–H and O–H groups in total. The predicted molar refractivity (Wildman–Crippen MR) is 70.8 cm³/mol. The summed E-state index contributed by atoms with van der Waals surface area (Å²) in [5, 5.41) is 5.46. The number of nitrogens with zero attached hydrogens (tertiary/aromatic N) is 1. The summed E-state index contributed by atoms with van der Waals surface area (Å²) in [7, 11) is 0. The van der Waals surface area contributed by atoms with Gasteiger partial charge in [-0.3, -0.25) is 9.69 Å². The maximum atomic E-state index is 13.1. The first kappa shape index (κ1) is 16.5. The van der Waals surface area contributed by atoms with Crippen LogP contribution in [-0.4, -0.2) is 69.0 Å². The molecular formula is C13H22F3N3O2. The highest BCUT2D eigenvalue weighted by molar-refractivity contribution is 5.76. The van der Waals surface area contributed by atoms with Crippen molar-refractivity contribution in [2.24, 2.45) is 5.92 Å². The summed E-state index contributed by atoms with van der Waals surface area (Å²) in [6, 6.07) is -1.61. The normalized spacial score (nSPS) is 25.8. The van der Waals surface area contributed by atoms with Gasteiger partial charge >= 0.3 is 6.18 Å². The van der Waals surface area contributed by atoms with Gasteiger partial charge in [-0.25, -0.2) is 0 Å². The molecule has 5 nitrogen and oxygen atoms in total. The van der Waals surface area contributed by atoms with E-state index in [0.29, 0.717) is 39.4 Å². The van der Waals surface area contributed by atoms with E-state index in [1.165, 1.54) is 4.90 Å². The summed E-state index contributed by atoms with van der Waals surface area (Å²) >= 11 is 0. The molecule has 0 aromatic rings. The first-order chi connectivity index (χ1) is 9.97. The second-order valence-electron chi connectivity index (χ2n) is 5.58. The van der Waals surface area contributed by atoms with E-state index in [2.05, 4.69) is 10.6 Å². The standard InChI is InChI=1S/C13H22F3N3O2/c14-13(15,16)11(19-4-2-17-3-5-19)8-18-12(20)7-10-1-6-21-9-10/h10-11,17H,1-9H2,(H,18,20). The van der Waals surface area contributed by atoms with Crippen molar-refractivity contribution in [2.75, 3.05) is 45.9 Å². The summed E-state index contributed by atoms with van der Waals surface area (Å²) < 4.78 is 44.5. The van der Waals surface area contributed by atoms with E-state index in [1.54, 1.807) is 0 Å². The van der Waals surface area contributed by atoms with Crippen LogP contribution in [0.5, 0.6) is 0 Å². The smallest absolute Gasteiger partial charge is 0.381 e. The van der Waals surface area contributed by atoms with Gasteiger partial charge in [-0.05, 0) is 12.3 Å². The van der Waals surface area contributed by atoms with Crippen LogP contribution in [0.3, 0.4) is 0 Å². The van der Waals surface area contributed by atoms with Gasteiger partial charge in [0.05, 0.1) is 0 Å². The van der Waals surface area contributed by atoms with E-state index >= 15 is 0 Å². The van der Waals surface area contributed by atoms with Gasteiger partial charge in [-0.15, -0.1) is 0 Å². The summed E-state index contributed by atoms with van der Waals surface area (Å²) in [4.78, 5) is 13.1. The second-order valence-corrected chi connectivity index (χ2v) is 5.58. The van der Waals surface area contributed by atoms with Crippen molar-refractivity contribution in [1.29, 1.82) is 0 Å². The third-order valence-electron chi connectivity index (χ3n) is 3.96. The molecule has 8 heteroatoms. The van der Waals surface area contributed by atoms with Crippen molar-refractivity contribution < 1.29 is 22.7 Å². The van der Waals surface area contributed by atoms with E-state index in [-0.39, 0.29) is 24.8 Å². The molecule has 2 aliphatic rings. The van der Waals surface area contributed by atoms with Crippen molar-refractivity contribution in [1.82, 2.24) is 15.5 Å². The summed E-state index contributed by atoms with van der Waals surface area (Å²) in [6.45, 7) is 2.54. The molecule has 2 heterocycles. The van der Waals surface area contributed by atoms with Crippen molar-refractivity contribution in [3.05, 3.63) is 0 Å². The maximum absolute atomic E-state index is 13.1. The molecule has 2 aliphatic heterocycles. The fourth-order valence-corrected chi connectivity index (χ4v) is 2.73. The van der Waals surface area contributed by atoms with Gasteiger partial charge in [0.25, 0.3) is 0 Å². The molecule has 0 saturated carbocycles. The molecule has 0 radical (unpaired) electrons. The lowest BCUT2D eigenvalue weighted by molar-refractivity contribution is -0.184. The molecule has 122 valence electrons. The number of hydrogen-bond donors (Lipinski definition) is 2. The fraction of sp³-hybridized carbons (Fsp3) is 0.923. The minimum atomic E-state index is -4.33. The highest BCUT2D eigenvalue weighted by Gasteiger charge is 2.43. The predicted octanol–water partition coefficient (Wildman–Crippen LogP) is 0.365. The maximum Gasteiger partial charge on any atom is 0.405 e. The summed E-state index contributed by atoms with van der Waals surface area (Å²) in [6.07, 6.45) is -3.29. The van der Waals surface area contributed by atoms with E-state index in [1.807, 2.05) is 0 Å². The summed E-state index contributed by atoms with van der Waals surface area (Å²) in [5.41, 5.74) is 0. The Bertz CT molecular complexity index is 340. The fourth-order valence-electron chi connectivity index (χ4n) is 2.73. The van der Waals surface area contributed by atoms with Crippen LogP contribution >= 0.6 is 0 Å². The van der Waals surface area contributed by atoms with Crippen LogP contribution in [-0.2, 0) is 9.53 Å². The lowest BCUT2D eigenvalue weighted by Gasteiger charge is -2.36. The van der Waals surface area contributed by atoms with Crippen LogP contribution in [0.2, 0.25) is 0 Å². The topological polar surface area (TPSA) is 53.6 Å². The van der Waals surface area contributed by atoms with E-state index in [4.69, 9.17) is 4.74 Å². The third-order valence-corrected chi connectivity index (χ3v) is 3.96. The molecule has 0 spiro atoms. The average molecular weight is 309 g/mol. The molecular weight excluding hydrogens is 287 g/mol. The van der Waals surface area contributed by atoms with Crippen LogP contribution in [0.4, 0.5) is 13.2 Å². The second kappa shape index (κ2) is 7.42. The molecule has 0 aliphatic carbocycles. The lowest BCUT2D eigenvalue weighted by Crippen LogP contribution is -2.57. The Morgan fingerprint density at radius 2 is 2.10 bits per heavy atom. The van der Waals surface area contributed by atoms with E-state index in [0.717, 1.165) is 6.42 Å². The molecule has 2 saturated heterocycles. The van der Waals surface area contributed by atoms with Crippen molar-refractivity contribution in [2.45, 2.75) is 25.1 Å². The lowest BCUT2D eigenvalue weighted by atomic mass is 10.0. The molecule has 2 atom stereocenters. The zero-order valence-corrected chi connectivity index (χ0v) is 11.9.